The number of rotatable bonds is 6. The zero-order valence-corrected chi connectivity index (χ0v) is 16.8. The van der Waals surface area contributed by atoms with Crippen molar-refractivity contribution in [1.29, 1.82) is 0 Å². The van der Waals surface area contributed by atoms with E-state index in [-0.39, 0.29) is 29.9 Å². The number of carbonyl (C=O) groups excluding carboxylic acids is 1. The first kappa shape index (κ1) is 20.7. The van der Waals surface area contributed by atoms with Gasteiger partial charge >= 0.3 is 0 Å². The van der Waals surface area contributed by atoms with Crippen LogP contribution in [0.15, 0.2) is 41.0 Å². The molecule has 0 aliphatic carbocycles. The first-order valence-corrected chi connectivity index (χ1v) is 9.74. The summed E-state index contributed by atoms with van der Waals surface area (Å²) in [5.41, 5.74) is 0.682. The standard InChI is InChI=1S/C19H20FN3O3S.ClH/c20-14-4-5-15-17(13-14)27-19(21-15)23(18(24)16-3-1-10-26-16)7-2-6-22-8-11-25-12-9-22;/h1,3-5,10,13H,2,6-9,11-12H2;1H. The van der Waals surface area contributed by atoms with Crippen LogP contribution in [0.3, 0.4) is 0 Å². The predicted octanol–water partition coefficient (Wildman–Crippen LogP) is 3.82. The molecule has 1 aromatic carbocycles. The molecule has 0 atom stereocenters. The first-order valence-electron chi connectivity index (χ1n) is 8.92. The molecular formula is C19H21ClFN3O3S. The minimum absolute atomic E-state index is 0. The van der Waals surface area contributed by atoms with Crippen molar-refractivity contribution in [2.75, 3.05) is 44.3 Å². The molecule has 1 aliphatic rings. The minimum atomic E-state index is -0.311. The number of furan rings is 1. The third-order valence-corrected chi connectivity index (χ3v) is 5.55. The molecule has 3 aromatic rings. The molecule has 0 spiro atoms. The second kappa shape index (κ2) is 9.47. The summed E-state index contributed by atoms with van der Waals surface area (Å²) in [6.07, 6.45) is 2.28. The number of fused-ring (bicyclic) bond motifs is 1. The summed E-state index contributed by atoms with van der Waals surface area (Å²) in [5.74, 6) is -0.276. The van der Waals surface area contributed by atoms with Crippen LogP contribution >= 0.6 is 23.7 Å². The Morgan fingerprint density at radius 1 is 1.29 bits per heavy atom. The van der Waals surface area contributed by atoms with E-state index in [1.165, 1.54) is 29.7 Å². The van der Waals surface area contributed by atoms with Crippen molar-refractivity contribution in [3.63, 3.8) is 0 Å². The van der Waals surface area contributed by atoms with Crippen LogP contribution in [0.2, 0.25) is 0 Å². The number of hydrogen-bond acceptors (Lipinski definition) is 6. The van der Waals surface area contributed by atoms with Gasteiger partial charge in [-0.15, -0.1) is 12.4 Å². The Labute approximate surface area is 172 Å². The Hall–Kier alpha value is -2.00. The highest BCUT2D eigenvalue weighted by molar-refractivity contribution is 7.22. The van der Waals surface area contributed by atoms with Crippen LogP contribution in [-0.2, 0) is 4.74 Å². The fourth-order valence-corrected chi connectivity index (χ4v) is 4.11. The molecule has 0 unspecified atom stereocenters. The molecule has 0 bridgehead atoms. The summed E-state index contributed by atoms with van der Waals surface area (Å²) in [6, 6.07) is 7.79. The van der Waals surface area contributed by atoms with Gasteiger partial charge in [-0.25, -0.2) is 9.37 Å². The molecule has 0 radical (unpaired) electrons. The zero-order valence-electron chi connectivity index (χ0n) is 15.2. The number of nitrogens with zero attached hydrogens (tertiary/aromatic N) is 3. The molecule has 6 nitrogen and oxygen atoms in total. The molecule has 1 aliphatic heterocycles. The number of benzene rings is 1. The molecule has 9 heteroatoms. The van der Waals surface area contributed by atoms with E-state index in [1.807, 2.05) is 0 Å². The molecular weight excluding hydrogens is 405 g/mol. The highest BCUT2D eigenvalue weighted by Crippen LogP contribution is 2.30. The highest BCUT2D eigenvalue weighted by Gasteiger charge is 2.23. The van der Waals surface area contributed by atoms with Crippen molar-refractivity contribution < 1.29 is 18.3 Å². The maximum atomic E-state index is 13.5. The van der Waals surface area contributed by atoms with Crippen LogP contribution in [0.4, 0.5) is 9.52 Å². The third-order valence-electron chi connectivity index (χ3n) is 4.51. The zero-order chi connectivity index (χ0) is 18.6. The maximum Gasteiger partial charge on any atom is 0.295 e. The van der Waals surface area contributed by atoms with E-state index in [1.54, 1.807) is 23.1 Å². The van der Waals surface area contributed by atoms with E-state index < -0.39 is 0 Å². The molecule has 1 fully saturated rings. The van der Waals surface area contributed by atoms with Crippen LogP contribution < -0.4 is 4.90 Å². The molecule has 2 aromatic heterocycles. The van der Waals surface area contributed by atoms with Crippen LogP contribution in [0.5, 0.6) is 0 Å². The number of carbonyl (C=O) groups is 1. The van der Waals surface area contributed by atoms with Gasteiger partial charge in [-0.05, 0) is 36.8 Å². The number of aromatic nitrogens is 1. The van der Waals surface area contributed by atoms with Crippen molar-refractivity contribution in [3.05, 3.63) is 48.2 Å². The Morgan fingerprint density at radius 2 is 2.11 bits per heavy atom. The van der Waals surface area contributed by atoms with Gasteiger partial charge in [-0.3, -0.25) is 14.6 Å². The molecule has 1 amide bonds. The number of morpholine rings is 1. The van der Waals surface area contributed by atoms with Crippen LogP contribution in [0.25, 0.3) is 10.2 Å². The Kier molecular flexibility index (Phi) is 7.01. The lowest BCUT2D eigenvalue weighted by Crippen LogP contribution is -2.39. The van der Waals surface area contributed by atoms with E-state index in [2.05, 4.69) is 9.88 Å². The van der Waals surface area contributed by atoms with Crippen molar-refractivity contribution in [2.45, 2.75) is 6.42 Å². The molecule has 0 saturated carbocycles. The summed E-state index contributed by atoms with van der Waals surface area (Å²) in [4.78, 5) is 21.4. The maximum absolute atomic E-state index is 13.5. The lowest BCUT2D eigenvalue weighted by Gasteiger charge is -2.27. The van der Waals surface area contributed by atoms with Crippen molar-refractivity contribution >= 4 is 45.0 Å². The van der Waals surface area contributed by atoms with Gasteiger partial charge in [0, 0.05) is 26.2 Å². The Morgan fingerprint density at radius 3 is 2.86 bits per heavy atom. The average molecular weight is 426 g/mol. The largest absolute Gasteiger partial charge is 0.459 e. The van der Waals surface area contributed by atoms with Gasteiger partial charge in [0.2, 0.25) is 0 Å². The van der Waals surface area contributed by atoms with Gasteiger partial charge in [-0.2, -0.15) is 0 Å². The predicted molar refractivity (Wildman–Crippen MR) is 109 cm³/mol. The third kappa shape index (κ3) is 4.70. The quantitative estimate of drug-likeness (QED) is 0.601. The van der Waals surface area contributed by atoms with Crippen molar-refractivity contribution in [2.24, 2.45) is 0 Å². The first-order chi connectivity index (χ1) is 13.2. The lowest BCUT2D eigenvalue weighted by molar-refractivity contribution is 0.0376. The summed E-state index contributed by atoms with van der Waals surface area (Å²) in [5, 5.41) is 0.555. The molecule has 0 N–H and O–H groups in total. The number of hydrogen-bond donors (Lipinski definition) is 0. The monoisotopic (exact) mass is 425 g/mol. The van der Waals surface area contributed by atoms with Crippen LogP contribution in [0, 0.1) is 5.82 Å². The minimum Gasteiger partial charge on any atom is -0.459 e. The summed E-state index contributed by atoms with van der Waals surface area (Å²) in [6.45, 7) is 4.71. The topological polar surface area (TPSA) is 58.8 Å². The molecule has 150 valence electrons. The number of amides is 1. The van der Waals surface area contributed by atoms with E-state index in [0.29, 0.717) is 17.2 Å². The van der Waals surface area contributed by atoms with Gasteiger partial charge in [0.15, 0.2) is 10.9 Å². The van der Waals surface area contributed by atoms with E-state index >= 15 is 0 Å². The Balaban J connectivity index is 0.00000225. The summed E-state index contributed by atoms with van der Waals surface area (Å²) < 4.78 is 24.9. The van der Waals surface area contributed by atoms with Gasteiger partial charge in [0.25, 0.3) is 5.91 Å². The Bertz CT molecular complexity index is 912. The number of halogens is 2. The molecule has 4 rings (SSSR count). The smallest absolute Gasteiger partial charge is 0.295 e. The fraction of sp³-hybridized carbons (Fsp3) is 0.368. The molecule has 28 heavy (non-hydrogen) atoms. The number of anilines is 1. The van der Waals surface area contributed by atoms with Gasteiger partial charge in [0.05, 0.1) is 29.7 Å². The van der Waals surface area contributed by atoms with E-state index in [4.69, 9.17) is 9.15 Å². The van der Waals surface area contributed by atoms with Crippen LogP contribution in [-0.4, -0.2) is 55.2 Å². The van der Waals surface area contributed by atoms with Gasteiger partial charge in [0.1, 0.15) is 5.82 Å². The number of ether oxygens (including phenoxy) is 1. The normalized spacial score (nSPS) is 14.8. The average Bonchev–Trinajstić information content (AvgIpc) is 3.35. The van der Waals surface area contributed by atoms with Gasteiger partial charge < -0.3 is 9.15 Å². The summed E-state index contributed by atoms with van der Waals surface area (Å²) >= 11 is 1.31. The van der Waals surface area contributed by atoms with Crippen molar-refractivity contribution in [1.82, 2.24) is 9.88 Å². The fourth-order valence-electron chi connectivity index (χ4n) is 3.10. The molecule has 1 saturated heterocycles. The SMILES string of the molecule is Cl.O=C(c1ccco1)N(CCCN1CCOCC1)c1nc2ccc(F)cc2s1. The van der Waals surface area contributed by atoms with Gasteiger partial charge in [-0.1, -0.05) is 11.3 Å². The number of thiazole rings is 1. The van der Waals surface area contributed by atoms with Crippen LogP contribution in [0.1, 0.15) is 17.0 Å². The van der Waals surface area contributed by atoms with E-state index in [9.17, 15) is 9.18 Å². The summed E-state index contributed by atoms with van der Waals surface area (Å²) in [7, 11) is 0. The van der Waals surface area contributed by atoms with Crippen molar-refractivity contribution in [3.8, 4) is 0 Å². The highest BCUT2D eigenvalue weighted by atomic mass is 35.5. The molecule has 3 heterocycles. The second-order valence-electron chi connectivity index (χ2n) is 6.35. The lowest BCUT2D eigenvalue weighted by atomic mass is 10.3. The second-order valence-corrected chi connectivity index (χ2v) is 7.36. The van der Waals surface area contributed by atoms with E-state index in [0.717, 1.165) is 44.0 Å².